The van der Waals surface area contributed by atoms with E-state index in [9.17, 15) is 0 Å². The second kappa shape index (κ2) is 3.94. The lowest BCUT2D eigenvalue weighted by Crippen LogP contribution is -2.12. The van der Waals surface area contributed by atoms with E-state index in [0.717, 1.165) is 13.0 Å². The van der Waals surface area contributed by atoms with Crippen molar-refractivity contribution in [2.75, 3.05) is 13.2 Å². The van der Waals surface area contributed by atoms with Crippen molar-refractivity contribution in [1.82, 2.24) is 0 Å². The van der Waals surface area contributed by atoms with Gasteiger partial charge in [-0.2, -0.15) is 0 Å². The van der Waals surface area contributed by atoms with Crippen LogP contribution >= 0.6 is 0 Å². The largest absolute Gasteiger partial charge is 0.396 e. The van der Waals surface area contributed by atoms with E-state index in [1.54, 1.807) is 0 Å². The molecule has 1 aliphatic rings. The lowest BCUT2D eigenvalue weighted by molar-refractivity contribution is 0.0804. The molecule has 1 aliphatic heterocycles. The molecule has 0 amide bonds. The van der Waals surface area contributed by atoms with E-state index in [4.69, 9.17) is 9.84 Å². The van der Waals surface area contributed by atoms with Gasteiger partial charge in [0.15, 0.2) is 0 Å². The van der Waals surface area contributed by atoms with E-state index < -0.39 is 0 Å². The van der Waals surface area contributed by atoms with Gasteiger partial charge in [-0.3, -0.25) is 0 Å². The summed E-state index contributed by atoms with van der Waals surface area (Å²) in [6.45, 7) is 3.27. The lowest BCUT2D eigenvalue weighted by atomic mass is 10.0. The maximum Gasteiger partial charge on any atom is 0.0579 e. The fraction of sp³-hybridized carbons (Fsp3) is 1.00. The third-order valence-corrected chi connectivity index (χ3v) is 2.00. The van der Waals surface area contributed by atoms with Gasteiger partial charge in [0.2, 0.25) is 0 Å². The summed E-state index contributed by atoms with van der Waals surface area (Å²) in [5.41, 5.74) is 0. The topological polar surface area (TPSA) is 29.5 Å². The first-order valence-electron chi connectivity index (χ1n) is 4.05. The molecule has 2 nitrogen and oxygen atoms in total. The van der Waals surface area contributed by atoms with E-state index in [2.05, 4.69) is 6.92 Å². The number of aliphatic hydroxyl groups excluding tert-OH is 1. The molecule has 0 bridgehead atoms. The van der Waals surface area contributed by atoms with Crippen molar-refractivity contribution in [2.45, 2.75) is 32.3 Å². The summed E-state index contributed by atoms with van der Waals surface area (Å²) in [6.07, 6.45) is 3.84. The first-order valence-corrected chi connectivity index (χ1v) is 4.05. The molecule has 1 fully saturated rings. The van der Waals surface area contributed by atoms with Crippen molar-refractivity contribution in [3.05, 3.63) is 0 Å². The molecule has 1 saturated heterocycles. The Hall–Kier alpha value is -0.0800. The molecule has 0 saturated carbocycles. The van der Waals surface area contributed by atoms with Crippen LogP contribution in [0.5, 0.6) is 0 Å². The van der Waals surface area contributed by atoms with Gasteiger partial charge in [-0.15, -0.1) is 0 Å². The molecule has 0 spiro atoms. The predicted octanol–water partition coefficient (Wildman–Crippen LogP) is 1.18. The zero-order chi connectivity index (χ0) is 7.40. The van der Waals surface area contributed by atoms with Crippen LogP contribution in [0.15, 0.2) is 0 Å². The fourth-order valence-corrected chi connectivity index (χ4v) is 1.35. The maximum absolute atomic E-state index is 8.74. The average Bonchev–Trinajstić information content (AvgIpc) is 2.40. The van der Waals surface area contributed by atoms with E-state index in [-0.39, 0.29) is 0 Å². The molecule has 1 heterocycles. The van der Waals surface area contributed by atoms with Crippen LogP contribution in [-0.2, 0) is 4.74 Å². The van der Waals surface area contributed by atoms with E-state index >= 15 is 0 Å². The van der Waals surface area contributed by atoms with Crippen LogP contribution < -0.4 is 0 Å². The summed E-state index contributed by atoms with van der Waals surface area (Å²) in [5, 5.41) is 8.74. The minimum absolute atomic E-state index is 0.292. The summed E-state index contributed by atoms with van der Waals surface area (Å²) < 4.78 is 5.41. The van der Waals surface area contributed by atoms with Gasteiger partial charge in [-0.05, 0) is 25.2 Å². The molecular weight excluding hydrogens is 128 g/mol. The number of hydrogen-bond donors (Lipinski definition) is 1. The van der Waals surface area contributed by atoms with E-state index in [1.165, 1.54) is 12.8 Å². The van der Waals surface area contributed by atoms with Crippen LogP contribution in [0.25, 0.3) is 0 Å². The molecule has 1 N–H and O–H groups in total. The van der Waals surface area contributed by atoms with Gasteiger partial charge in [-0.1, -0.05) is 6.92 Å². The first-order chi connectivity index (χ1) is 4.83. The number of aliphatic hydroxyl groups is 1. The standard InChI is InChI=1S/C8H16O2/c1-7(6-9)5-8-3-2-4-10-8/h7-9H,2-6H2,1H3/t7-,8?/m1/s1. The van der Waals surface area contributed by atoms with Crippen molar-refractivity contribution in [1.29, 1.82) is 0 Å². The van der Waals surface area contributed by atoms with E-state index in [1.807, 2.05) is 0 Å². The van der Waals surface area contributed by atoms with Crippen LogP contribution in [0.1, 0.15) is 26.2 Å². The van der Waals surface area contributed by atoms with Crippen LogP contribution in [0.2, 0.25) is 0 Å². The molecule has 60 valence electrons. The maximum atomic E-state index is 8.74. The number of rotatable bonds is 3. The highest BCUT2D eigenvalue weighted by molar-refractivity contribution is 4.67. The second-order valence-corrected chi connectivity index (χ2v) is 3.16. The van der Waals surface area contributed by atoms with Crippen molar-refractivity contribution in [3.63, 3.8) is 0 Å². The van der Waals surface area contributed by atoms with Crippen molar-refractivity contribution >= 4 is 0 Å². The molecule has 2 atom stereocenters. The normalized spacial score (nSPS) is 28.8. The molecule has 2 heteroatoms. The van der Waals surface area contributed by atoms with Crippen molar-refractivity contribution in [3.8, 4) is 0 Å². The Kier molecular flexibility index (Phi) is 3.16. The van der Waals surface area contributed by atoms with Gasteiger partial charge in [0, 0.05) is 13.2 Å². The SMILES string of the molecule is C[C@@H](CO)CC1CCCO1. The van der Waals surface area contributed by atoms with Crippen LogP contribution in [0.3, 0.4) is 0 Å². The van der Waals surface area contributed by atoms with Crippen molar-refractivity contribution < 1.29 is 9.84 Å². The minimum atomic E-state index is 0.292. The second-order valence-electron chi connectivity index (χ2n) is 3.16. The molecule has 0 aromatic rings. The summed E-state index contributed by atoms with van der Waals surface area (Å²) in [4.78, 5) is 0. The highest BCUT2D eigenvalue weighted by Gasteiger charge is 2.17. The van der Waals surface area contributed by atoms with Gasteiger partial charge in [0.05, 0.1) is 6.10 Å². The molecule has 10 heavy (non-hydrogen) atoms. The molecule has 0 aromatic heterocycles. The van der Waals surface area contributed by atoms with Crippen LogP contribution in [0, 0.1) is 5.92 Å². The van der Waals surface area contributed by atoms with Crippen LogP contribution in [0.4, 0.5) is 0 Å². The molecular formula is C8H16O2. The summed E-state index contributed by atoms with van der Waals surface area (Å²) in [5.74, 6) is 0.406. The van der Waals surface area contributed by atoms with Gasteiger partial charge >= 0.3 is 0 Å². The third kappa shape index (κ3) is 2.27. The Morgan fingerprint density at radius 1 is 1.70 bits per heavy atom. The molecule has 0 aromatic carbocycles. The third-order valence-electron chi connectivity index (χ3n) is 2.00. The Balaban J connectivity index is 2.11. The van der Waals surface area contributed by atoms with Crippen molar-refractivity contribution in [2.24, 2.45) is 5.92 Å². The molecule has 1 rings (SSSR count). The van der Waals surface area contributed by atoms with Gasteiger partial charge in [0.25, 0.3) is 0 Å². The summed E-state index contributed by atoms with van der Waals surface area (Å²) >= 11 is 0. The highest BCUT2D eigenvalue weighted by atomic mass is 16.5. The molecule has 0 radical (unpaired) electrons. The van der Waals surface area contributed by atoms with Gasteiger partial charge in [0.1, 0.15) is 0 Å². The van der Waals surface area contributed by atoms with Crippen LogP contribution in [-0.4, -0.2) is 24.4 Å². The zero-order valence-electron chi connectivity index (χ0n) is 6.55. The minimum Gasteiger partial charge on any atom is -0.396 e. The fourth-order valence-electron chi connectivity index (χ4n) is 1.35. The predicted molar refractivity (Wildman–Crippen MR) is 39.8 cm³/mol. The Bertz CT molecular complexity index is 87.3. The first kappa shape index (κ1) is 8.02. The lowest BCUT2D eigenvalue weighted by Gasteiger charge is -2.12. The average molecular weight is 144 g/mol. The van der Waals surface area contributed by atoms with Gasteiger partial charge in [-0.25, -0.2) is 0 Å². The summed E-state index contributed by atoms with van der Waals surface area (Å²) in [6, 6.07) is 0. The Morgan fingerprint density at radius 3 is 3.00 bits per heavy atom. The Labute approximate surface area is 62.2 Å². The number of ether oxygens (including phenoxy) is 1. The molecule has 1 unspecified atom stereocenters. The quantitative estimate of drug-likeness (QED) is 0.644. The monoisotopic (exact) mass is 144 g/mol. The molecule has 0 aliphatic carbocycles. The van der Waals surface area contributed by atoms with Gasteiger partial charge < -0.3 is 9.84 Å². The van der Waals surface area contributed by atoms with E-state index in [0.29, 0.717) is 18.6 Å². The highest BCUT2D eigenvalue weighted by Crippen LogP contribution is 2.18. The summed E-state index contributed by atoms with van der Waals surface area (Å²) in [7, 11) is 0. The smallest absolute Gasteiger partial charge is 0.0579 e. The number of hydrogen-bond acceptors (Lipinski definition) is 2. The Morgan fingerprint density at radius 2 is 2.50 bits per heavy atom. The zero-order valence-corrected chi connectivity index (χ0v) is 6.55.